The van der Waals surface area contributed by atoms with Crippen molar-refractivity contribution in [2.45, 2.75) is 26.9 Å². The molecule has 0 bridgehead atoms. The third kappa shape index (κ3) is 4.45. The van der Waals surface area contributed by atoms with Crippen LogP contribution in [0.3, 0.4) is 0 Å². The van der Waals surface area contributed by atoms with Crippen LogP contribution in [0.2, 0.25) is 5.02 Å². The summed E-state index contributed by atoms with van der Waals surface area (Å²) >= 11 is 6.24. The van der Waals surface area contributed by atoms with E-state index in [1.165, 1.54) is 0 Å². The molecule has 0 atom stereocenters. The predicted octanol–water partition coefficient (Wildman–Crippen LogP) is 2.37. The highest BCUT2D eigenvalue weighted by molar-refractivity contribution is 6.31. The van der Waals surface area contributed by atoms with Crippen molar-refractivity contribution in [1.29, 1.82) is 0 Å². The highest BCUT2D eigenvalue weighted by atomic mass is 35.5. The zero-order valence-electron chi connectivity index (χ0n) is 14.0. The Balaban J connectivity index is 2.11. The van der Waals surface area contributed by atoms with Gasteiger partial charge in [-0.05, 0) is 25.5 Å². The lowest BCUT2D eigenvalue weighted by atomic mass is 10.2. The molecule has 0 spiro atoms. The quantitative estimate of drug-likeness (QED) is 0.673. The number of nitrogens with zero attached hydrogens (tertiary/aromatic N) is 5. The molecule has 1 aromatic heterocycles. The Morgan fingerprint density at radius 3 is 2.70 bits per heavy atom. The summed E-state index contributed by atoms with van der Waals surface area (Å²) in [6, 6.07) is 7.84. The highest BCUT2D eigenvalue weighted by Crippen LogP contribution is 2.16. The van der Waals surface area contributed by atoms with Gasteiger partial charge in [0.1, 0.15) is 12.4 Å². The molecule has 2 rings (SSSR count). The Hall–Kier alpha value is -2.08. The van der Waals surface area contributed by atoms with Crippen LogP contribution in [0.4, 0.5) is 0 Å². The van der Waals surface area contributed by atoms with Gasteiger partial charge in [0.25, 0.3) is 0 Å². The van der Waals surface area contributed by atoms with Crippen molar-refractivity contribution in [3.05, 3.63) is 46.5 Å². The fourth-order valence-corrected chi connectivity index (χ4v) is 2.36. The summed E-state index contributed by atoms with van der Waals surface area (Å²) in [6.45, 7) is 5.93. The summed E-state index contributed by atoms with van der Waals surface area (Å²) in [5.74, 6) is 2.53. The Kier molecular flexibility index (Phi) is 5.98. The minimum absolute atomic E-state index is 0.479. The second kappa shape index (κ2) is 7.97. The topological polar surface area (TPSA) is 58.3 Å². The van der Waals surface area contributed by atoms with E-state index >= 15 is 0 Å². The molecular weight excluding hydrogens is 312 g/mol. The number of aromatic nitrogens is 3. The monoisotopic (exact) mass is 334 g/mol. The standard InChI is InChI=1S/C16H23ClN6/c1-5-18-16(19-10-15-21-20-12(2)23(15)4)22(3)11-13-8-6-7-9-14(13)17/h6-9H,5,10-11H2,1-4H3,(H,18,19). The van der Waals surface area contributed by atoms with Gasteiger partial charge in [-0.2, -0.15) is 0 Å². The lowest BCUT2D eigenvalue weighted by Crippen LogP contribution is -2.38. The number of hydrogen-bond acceptors (Lipinski definition) is 3. The Bertz CT molecular complexity index is 679. The first kappa shape index (κ1) is 17.3. The number of aryl methyl sites for hydroxylation is 1. The van der Waals surface area contributed by atoms with E-state index in [2.05, 4.69) is 20.5 Å². The van der Waals surface area contributed by atoms with Crippen LogP contribution in [0.25, 0.3) is 0 Å². The van der Waals surface area contributed by atoms with Crippen LogP contribution in [0.15, 0.2) is 29.3 Å². The van der Waals surface area contributed by atoms with E-state index < -0.39 is 0 Å². The number of aliphatic imine (C=N–C) groups is 1. The molecule has 1 N–H and O–H groups in total. The molecule has 124 valence electrons. The Morgan fingerprint density at radius 1 is 1.35 bits per heavy atom. The van der Waals surface area contributed by atoms with Crippen LogP contribution in [0.5, 0.6) is 0 Å². The van der Waals surface area contributed by atoms with E-state index in [0.717, 1.165) is 34.7 Å². The van der Waals surface area contributed by atoms with Crippen molar-refractivity contribution in [2.75, 3.05) is 13.6 Å². The maximum absolute atomic E-state index is 6.24. The van der Waals surface area contributed by atoms with Gasteiger partial charge in [-0.3, -0.25) is 0 Å². The number of hydrogen-bond donors (Lipinski definition) is 1. The van der Waals surface area contributed by atoms with Crippen LogP contribution in [0.1, 0.15) is 24.1 Å². The third-order valence-electron chi connectivity index (χ3n) is 3.61. The molecule has 1 heterocycles. The van der Waals surface area contributed by atoms with Crippen LogP contribution < -0.4 is 5.32 Å². The second-order valence-electron chi connectivity index (χ2n) is 5.34. The van der Waals surface area contributed by atoms with Crippen molar-refractivity contribution < 1.29 is 0 Å². The largest absolute Gasteiger partial charge is 0.357 e. The first-order valence-corrected chi connectivity index (χ1v) is 7.98. The molecule has 1 aromatic carbocycles. The van der Waals surface area contributed by atoms with E-state index in [9.17, 15) is 0 Å². The van der Waals surface area contributed by atoms with Crippen LogP contribution >= 0.6 is 11.6 Å². The molecule has 7 heteroatoms. The van der Waals surface area contributed by atoms with Crippen LogP contribution in [-0.2, 0) is 20.1 Å². The van der Waals surface area contributed by atoms with Crippen molar-refractivity contribution in [3.8, 4) is 0 Å². The fourth-order valence-electron chi connectivity index (χ4n) is 2.16. The molecule has 6 nitrogen and oxygen atoms in total. The molecule has 0 saturated carbocycles. The first-order valence-electron chi connectivity index (χ1n) is 7.60. The van der Waals surface area contributed by atoms with Gasteiger partial charge in [0.05, 0.1) is 0 Å². The van der Waals surface area contributed by atoms with Gasteiger partial charge in [-0.25, -0.2) is 4.99 Å². The second-order valence-corrected chi connectivity index (χ2v) is 5.75. The number of benzene rings is 1. The van der Waals surface area contributed by atoms with Crippen molar-refractivity contribution in [2.24, 2.45) is 12.0 Å². The average Bonchev–Trinajstić information content (AvgIpc) is 2.85. The maximum Gasteiger partial charge on any atom is 0.194 e. The molecule has 23 heavy (non-hydrogen) atoms. The molecule has 0 aliphatic rings. The predicted molar refractivity (Wildman–Crippen MR) is 93.5 cm³/mol. The van der Waals surface area contributed by atoms with Gasteiger partial charge in [-0.15, -0.1) is 10.2 Å². The lowest BCUT2D eigenvalue weighted by Gasteiger charge is -2.22. The Labute approximate surface area is 142 Å². The van der Waals surface area contributed by atoms with E-state index in [1.54, 1.807) is 0 Å². The van der Waals surface area contributed by atoms with Crippen LogP contribution in [-0.4, -0.2) is 39.2 Å². The van der Waals surface area contributed by atoms with Gasteiger partial charge in [-0.1, -0.05) is 29.8 Å². The smallest absolute Gasteiger partial charge is 0.194 e. The molecule has 0 aliphatic carbocycles. The molecular formula is C16H23ClN6. The van der Waals surface area contributed by atoms with Gasteiger partial charge in [0.2, 0.25) is 0 Å². The van der Waals surface area contributed by atoms with Crippen molar-refractivity contribution >= 4 is 17.6 Å². The summed E-state index contributed by atoms with van der Waals surface area (Å²) < 4.78 is 1.95. The summed E-state index contributed by atoms with van der Waals surface area (Å²) in [6.07, 6.45) is 0. The zero-order valence-corrected chi connectivity index (χ0v) is 14.8. The number of guanidine groups is 1. The van der Waals surface area contributed by atoms with Crippen LogP contribution in [0, 0.1) is 6.92 Å². The van der Waals surface area contributed by atoms with Gasteiger partial charge in [0, 0.05) is 32.2 Å². The van der Waals surface area contributed by atoms with E-state index in [4.69, 9.17) is 11.6 Å². The van der Waals surface area contributed by atoms with E-state index in [1.807, 2.05) is 61.7 Å². The average molecular weight is 335 g/mol. The number of rotatable bonds is 5. The zero-order chi connectivity index (χ0) is 16.8. The minimum Gasteiger partial charge on any atom is -0.357 e. The lowest BCUT2D eigenvalue weighted by molar-refractivity contribution is 0.476. The first-order chi connectivity index (χ1) is 11.0. The molecule has 2 aromatic rings. The highest BCUT2D eigenvalue weighted by Gasteiger charge is 2.10. The Morgan fingerprint density at radius 2 is 2.09 bits per heavy atom. The van der Waals surface area contributed by atoms with Gasteiger partial charge in [0.15, 0.2) is 11.8 Å². The SMILES string of the molecule is CCNC(=NCc1nnc(C)n1C)N(C)Cc1ccccc1Cl. The van der Waals surface area contributed by atoms with Crippen molar-refractivity contribution in [3.63, 3.8) is 0 Å². The maximum atomic E-state index is 6.24. The normalized spacial score (nSPS) is 11.6. The summed E-state index contributed by atoms with van der Waals surface area (Å²) in [5.41, 5.74) is 1.07. The minimum atomic E-state index is 0.479. The number of nitrogens with one attached hydrogen (secondary N) is 1. The van der Waals surface area contributed by atoms with E-state index in [-0.39, 0.29) is 0 Å². The van der Waals surface area contributed by atoms with Gasteiger partial charge >= 0.3 is 0 Å². The summed E-state index contributed by atoms with van der Waals surface area (Å²) in [7, 11) is 3.94. The molecule has 0 saturated heterocycles. The molecule has 0 amide bonds. The molecule has 0 unspecified atom stereocenters. The van der Waals surface area contributed by atoms with Crippen molar-refractivity contribution in [1.82, 2.24) is 25.0 Å². The molecule has 0 fully saturated rings. The van der Waals surface area contributed by atoms with E-state index in [0.29, 0.717) is 13.1 Å². The summed E-state index contributed by atoms with van der Waals surface area (Å²) in [4.78, 5) is 6.70. The summed E-state index contributed by atoms with van der Waals surface area (Å²) in [5, 5.41) is 12.3. The van der Waals surface area contributed by atoms with Gasteiger partial charge < -0.3 is 14.8 Å². The molecule has 0 radical (unpaired) electrons. The number of halogens is 1. The fraction of sp³-hybridized carbons (Fsp3) is 0.438. The third-order valence-corrected chi connectivity index (χ3v) is 3.98. The molecule has 0 aliphatic heterocycles.